The van der Waals surface area contributed by atoms with Crippen molar-refractivity contribution in [2.45, 2.75) is 31.7 Å². The van der Waals surface area contributed by atoms with Gasteiger partial charge < -0.3 is 10.2 Å². The molecule has 1 aliphatic heterocycles. The van der Waals surface area contributed by atoms with Gasteiger partial charge in [0.2, 0.25) is 0 Å². The average molecular weight is 276 g/mol. The van der Waals surface area contributed by atoms with Gasteiger partial charge in [0.05, 0.1) is 11.0 Å². The highest BCUT2D eigenvalue weighted by Crippen LogP contribution is 2.32. The van der Waals surface area contributed by atoms with E-state index in [1.807, 2.05) is 0 Å². The van der Waals surface area contributed by atoms with Gasteiger partial charge in [0.1, 0.15) is 5.82 Å². The highest BCUT2D eigenvalue weighted by atomic mass is 16.6. The van der Waals surface area contributed by atoms with Gasteiger partial charge in [-0.3, -0.25) is 10.1 Å². The minimum absolute atomic E-state index is 0.121. The Hall–Kier alpha value is -1.69. The molecule has 108 valence electrons. The van der Waals surface area contributed by atoms with E-state index in [0.717, 1.165) is 31.4 Å². The third kappa shape index (κ3) is 3.25. The lowest BCUT2D eigenvalue weighted by molar-refractivity contribution is -0.384. The van der Waals surface area contributed by atoms with Gasteiger partial charge in [-0.15, -0.1) is 0 Å². The van der Waals surface area contributed by atoms with Crippen molar-refractivity contribution in [3.8, 4) is 0 Å². The van der Waals surface area contributed by atoms with E-state index < -0.39 is 0 Å². The van der Waals surface area contributed by atoms with Crippen molar-refractivity contribution in [1.82, 2.24) is 10.3 Å². The molecule has 2 aliphatic rings. The fourth-order valence-electron chi connectivity index (χ4n) is 2.75. The maximum absolute atomic E-state index is 10.9. The Morgan fingerprint density at radius 2 is 2.25 bits per heavy atom. The molecule has 1 N–H and O–H groups in total. The van der Waals surface area contributed by atoms with Crippen LogP contribution in [0.2, 0.25) is 0 Å². The zero-order chi connectivity index (χ0) is 13.9. The number of nitrogens with zero attached hydrogens (tertiary/aromatic N) is 3. The number of hydrogen-bond acceptors (Lipinski definition) is 5. The molecule has 0 amide bonds. The first kappa shape index (κ1) is 13.3. The largest absolute Gasteiger partial charge is 0.355 e. The molecule has 2 heterocycles. The predicted octanol–water partition coefficient (Wildman–Crippen LogP) is 1.96. The lowest BCUT2D eigenvalue weighted by Gasteiger charge is -2.26. The van der Waals surface area contributed by atoms with Crippen LogP contribution in [0.3, 0.4) is 0 Å². The molecule has 3 rings (SSSR count). The van der Waals surface area contributed by atoms with Crippen LogP contribution in [0, 0.1) is 16.0 Å². The Balaban J connectivity index is 1.75. The SMILES string of the molecule is O=[N+]([O-])c1ccnc(N(CC2CC2)CC2CCCN2)c1. The van der Waals surface area contributed by atoms with Gasteiger partial charge in [-0.2, -0.15) is 0 Å². The summed E-state index contributed by atoms with van der Waals surface area (Å²) in [5.74, 6) is 1.47. The molecule has 1 aromatic rings. The van der Waals surface area contributed by atoms with Crippen LogP contribution in [0.25, 0.3) is 0 Å². The summed E-state index contributed by atoms with van der Waals surface area (Å²) in [6, 6.07) is 3.53. The molecule has 20 heavy (non-hydrogen) atoms. The second-order valence-electron chi connectivity index (χ2n) is 5.77. The van der Waals surface area contributed by atoms with Crippen molar-refractivity contribution in [3.05, 3.63) is 28.4 Å². The van der Waals surface area contributed by atoms with E-state index >= 15 is 0 Å². The van der Waals surface area contributed by atoms with Crippen molar-refractivity contribution in [1.29, 1.82) is 0 Å². The molecule has 1 atom stereocenters. The number of nitro groups is 1. The highest BCUT2D eigenvalue weighted by Gasteiger charge is 2.27. The van der Waals surface area contributed by atoms with Crippen molar-refractivity contribution >= 4 is 11.5 Å². The molecule has 6 heteroatoms. The molecule has 6 nitrogen and oxygen atoms in total. The third-order valence-electron chi connectivity index (χ3n) is 4.04. The number of aromatic nitrogens is 1. The highest BCUT2D eigenvalue weighted by molar-refractivity contribution is 5.47. The van der Waals surface area contributed by atoms with E-state index in [-0.39, 0.29) is 10.6 Å². The molecule has 0 spiro atoms. The minimum atomic E-state index is -0.353. The van der Waals surface area contributed by atoms with Crippen LogP contribution in [0.5, 0.6) is 0 Å². The van der Waals surface area contributed by atoms with Crippen LogP contribution in [0.4, 0.5) is 11.5 Å². The molecule has 0 radical (unpaired) electrons. The van der Waals surface area contributed by atoms with Crippen molar-refractivity contribution < 1.29 is 4.92 Å². The minimum Gasteiger partial charge on any atom is -0.355 e. The smallest absolute Gasteiger partial charge is 0.274 e. The summed E-state index contributed by atoms with van der Waals surface area (Å²) in [6.45, 7) is 2.93. The molecular weight excluding hydrogens is 256 g/mol. The molecule has 0 bridgehead atoms. The van der Waals surface area contributed by atoms with Gasteiger partial charge in [0.15, 0.2) is 0 Å². The summed E-state index contributed by atoms with van der Waals surface area (Å²) < 4.78 is 0. The van der Waals surface area contributed by atoms with Gasteiger partial charge in [-0.1, -0.05) is 0 Å². The zero-order valence-electron chi connectivity index (χ0n) is 11.5. The third-order valence-corrected chi connectivity index (χ3v) is 4.04. The van der Waals surface area contributed by atoms with Crippen LogP contribution in [0.15, 0.2) is 18.3 Å². The number of nitrogens with one attached hydrogen (secondary N) is 1. The monoisotopic (exact) mass is 276 g/mol. The molecule has 1 aliphatic carbocycles. The Labute approximate surface area is 118 Å². The van der Waals surface area contributed by atoms with Crippen molar-refractivity contribution in [2.75, 3.05) is 24.5 Å². The summed E-state index contributed by atoms with van der Waals surface area (Å²) in [5.41, 5.74) is 0.121. The summed E-state index contributed by atoms with van der Waals surface area (Å²) in [6.07, 6.45) is 6.46. The maximum Gasteiger partial charge on any atom is 0.274 e. The van der Waals surface area contributed by atoms with E-state index in [4.69, 9.17) is 0 Å². The van der Waals surface area contributed by atoms with Crippen LogP contribution in [0.1, 0.15) is 25.7 Å². The zero-order valence-corrected chi connectivity index (χ0v) is 11.5. The van der Waals surface area contributed by atoms with Crippen LogP contribution < -0.4 is 10.2 Å². The Bertz CT molecular complexity index is 484. The summed E-state index contributed by atoms with van der Waals surface area (Å²) in [7, 11) is 0. The van der Waals surface area contributed by atoms with Crippen LogP contribution in [-0.2, 0) is 0 Å². The predicted molar refractivity (Wildman–Crippen MR) is 76.9 cm³/mol. The lowest BCUT2D eigenvalue weighted by atomic mass is 10.2. The summed E-state index contributed by atoms with van der Waals surface area (Å²) in [5, 5.41) is 14.4. The van der Waals surface area contributed by atoms with Gasteiger partial charge in [-0.25, -0.2) is 4.98 Å². The molecule has 2 fully saturated rings. The van der Waals surface area contributed by atoms with Crippen molar-refractivity contribution in [2.24, 2.45) is 5.92 Å². The quantitative estimate of drug-likeness (QED) is 0.635. The second-order valence-corrected chi connectivity index (χ2v) is 5.77. The average Bonchev–Trinajstić information content (AvgIpc) is 3.12. The summed E-state index contributed by atoms with van der Waals surface area (Å²) in [4.78, 5) is 17.1. The normalized spacial score (nSPS) is 21.9. The fourth-order valence-corrected chi connectivity index (χ4v) is 2.75. The van der Waals surface area contributed by atoms with Gasteiger partial charge in [-0.05, 0) is 38.1 Å². The van der Waals surface area contributed by atoms with E-state index in [2.05, 4.69) is 15.2 Å². The Kier molecular flexibility index (Phi) is 3.82. The van der Waals surface area contributed by atoms with Crippen molar-refractivity contribution in [3.63, 3.8) is 0 Å². The number of anilines is 1. The maximum atomic E-state index is 10.9. The number of pyridine rings is 1. The molecule has 0 aromatic carbocycles. The van der Waals surface area contributed by atoms with Gasteiger partial charge >= 0.3 is 0 Å². The van der Waals surface area contributed by atoms with Crippen LogP contribution >= 0.6 is 0 Å². The Morgan fingerprint density at radius 1 is 1.40 bits per heavy atom. The van der Waals surface area contributed by atoms with Gasteiger partial charge in [0.25, 0.3) is 5.69 Å². The first-order valence-corrected chi connectivity index (χ1v) is 7.31. The van der Waals surface area contributed by atoms with E-state index in [1.165, 1.54) is 37.9 Å². The number of hydrogen-bond donors (Lipinski definition) is 1. The van der Waals surface area contributed by atoms with E-state index in [0.29, 0.717) is 6.04 Å². The summed E-state index contributed by atoms with van der Waals surface area (Å²) >= 11 is 0. The first-order chi connectivity index (χ1) is 9.72. The van der Waals surface area contributed by atoms with Crippen LogP contribution in [-0.4, -0.2) is 35.6 Å². The lowest BCUT2D eigenvalue weighted by Crippen LogP contribution is -2.39. The first-order valence-electron chi connectivity index (χ1n) is 7.31. The molecular formula is C14H20N4O2. The van der Waals surface area contributed by atoms with E-state index in [9.17, 15) is 10.1 Å². The molecule has 1 unspecified atom stereocenters. The molecule has 1 aromatic heterocycles. The van der Waals surface area contributed by atoms with Gasteiger partial charge in [0, 0.05) is 31.4 Å². The molecule has 1 saturated heterocycles. The molecule has 1 saturated carbocycles. The fraction of sp³-hybridized carbons (Fsp3) is 0.643. The number of rotatable bonds is 6. The second kappa shape index (κ2) is 5.75. The topological polar surface area (TPSA) is 71.3 Å². The standard InChI is InChI=1S/C14H20N4O2/c19-18(20)13-5-7-16-14(8-13)17(9-11-3-4-11)10-12-2-1-6-15-12/h5,7-8,11-12,15H,1-4,6,9-10H2. The Morgan fingerprint density at radius 3 is 2.90 bits per heavy atom. The van der Waals surface area contributed by atoms with E-state index in [1.54, 1.807) is 6.07 Å².